The molecule has 0 aromatic rings. The molecule has 0 amide bonds. The summed E-state index contributed by atoms with van der Waals surface area (Å²) in [7, 11) is 0. The molecule has 0 saturated carbocycles. The molecule has 0 aromatic heterocycles. The number of aliphatic hydroxyl groups excluding tert-OH is 6. The Bertz CT molecular complexity index is 187. The Kier molecular flexibility index (Phi) is 3.78. The first-order valence-electron chi connectivity index (χ1n) is 4.15. The van der Waals surface area contributed by atoms with E-state index in [0.29, 0.717) is 0 Å². The molecule has 0 aliphatic carbocycles. The third-order valence-electron chi connectivity index (χ3n) is 2.19. The Balaban J connectivity index is 2.70. The molecular formula is C7H14O7. The lowest BCUT2D eigenvalue weighted by molar-refractivity contribution is -0.298. The van der Waals surface area contributed by atoms with E-state index < -0.39 is 43.4 Å². The van der Waals surface area contributed by atoms with Gasteiger partial charge in [-0.3, -0.25) is 0 Å². The summed E-state index contributed by atoms with van der Waals surface area (Å²) in [6.45, 7) is -0.683. The molecule has 0 bridgehead atoms. The third kappa shape index (κ3) is 2.04. The molecule has 1 rings (SSSR count). The van der Waals surface area contributed by atoms with Gasteiger partial charge in [0.25, 0.3) is 0 Å². The summed E-state index contributed by atoms with van der Waals surface area (Å²) in [6.07, 6.45) is -9.26. The summed E-state index contributed by atoms with van der Waals surface area (Å²) in [5, 5.41) is 54.3. The van der Waals surface area contributed by atoms with Crippen LogP contribution in [-0.4, -0.2) is 74.1 Å². The zero-order valence-corrected chi connectivity index (χ0v) is 7.26. The van der Waals surface area contributed by atoms with Crippen LogP contribution in [0.25, 0.3) is 0 Å². The molecule has 14 heavy (non-hydrogen) atoms. The standard InChI is InChI=1S/C7H14O7/c8-1-2(9)6-4(11)3(10)5(12)7(13)14-6/h2-13H,1H2. The fourth-order valence-electron chi connectivity index (χ4n) is 1.31. The summed E-state index contributed by atoms with van der Waals surface area (Å²) >= 11 is 0. The molecule has 7 nitrogen and oxygen atoms in total. The van der Waals surface area contributed by atoms with Crippen LogP contribution in [0.15, 0.2) is 0 Å². The second-order valence-corrected chi connectivity index (χ2v) is 3.21. The molecule has 84 valence electrons. The van der Waals surface area contributed by atoms with Crippen molar-refractivity contribution in [3.8, 4) is 0 Å². The van der Waals surface area contributed by atoms with Gasteiger partial charge in [-0.1, -0.05) is 0 Å². The molecular weight excluding hydrogens is 196 g/mol. The molecule has 0 spiro atoms. The van der Waals surface area contributed by atoms with Gasteiger partial charge in [0.2, 0.25) is 0 Å². The van der Waals surface area contributed by atoms with Crippen molar-refractivity contribution >= 4 is 0 Å². The molecule has 6 N–H and O–H groups in total. The van der Waals surface area contributed by atoms with E-state index in [1.54, 1.807) is 0 Å². The fraction of sp³-hybridized carbons (Fsp3) is 1.00. The van der Waals surface area contributed by atoms with Gasteiger partial charge in [0.05, 0.1) is 6.61 Å². The van der Waals surface area contributed by atoms with E-state index in [9.17, 15) is 10.2 Å². The van der Waals surface area contributed by atoms with Crippen molar-refractivity contribution in [1.29, 1.82) is 0 Å². The van der Waals surface area contributed by atoms with Crippen molar-refractivity contribution in [1.82, 2.24) is 0 Å². The monoisotopic (exact) mass is 210 g/mol. The van der Waals surface area contributed by atoms with Crippen LogP contribution in [0.2, 0.25) is 0 Å². The smallest absolute Gasteiger partial charge is 0.184 e. The zero-order valence-electron chi connectivity index (χ0n) is 7.26. The summed E-state index contributed by atoms with van der Waals surface area (Å²) in [6, 6.07) is 0. The van der Waals surface area contributed by atoms with Crippen LogP contribution in [0, 0.1) is 0 Å². The topological polar surface area (TPSA) is 131 Å². The Hall–Kier alpha value is -0.280. The highest BCUT2D eigenvalue weighted by atomic mass is 16.6. The maximum absolute atomic E-state index is 9.31. The highest BCUT2D eigenvalue weighted by molar-refractivity contribution is 4.91. The summed E-state index contributed by atoms with van der Waals surface area (Å²) in [5.41, 5.74) is 0. The van der Waals surface area contributed by atoms with Crippen molar-refractivity contribution < 1.29 is 35.4 Å². The average molecular weight is 210 g/mol. The second-order valence-electron chi connectivity index (χ2n) is 3.21. The lowest BCUT2D eigenvalue weighted by atomic mass is 9.96. The van der Waals surface area contributed by atoms with Crippen LogP contribution in [-0.2, 0) is 4.74 Å². The Morgan fingerprint density at radius 3 is 2.07 bits per heavy atom. The Morgan fingerprint density at radius 1 is 1.00 bits per heavy atom. The second kappa shape index (κ2) is 4.49. The lowest BCUT2D eigenvalue weighted by Gasteiger charge is -2.39. The van der Waals surface area contributed by atoms with Gasteiger partial charge in [-0.25, -0.2) is 0 Å². The SMILES string of the molecule is OCC(O)C1OC(O)C(O)C(O)C1O. The number of rotatable bonds is 2. The van der Waals surface area contributed by atoms with E-state index in [4.69, 9.17) is 20.4 Å². The predicted molar refractivity (Wildman–Crippen MR) is 42.0 cm³/mol. The highest BCUT2D eigenvalue weighted by Gasteiger charge is 2.45. The molecule has 1 aliphatic rings. The van der Waals surface area contributed by atoms with E-state index in [2.05, 4.69) is 4.74 Å². The number of hydrogen-bond donors (Lipinski definition) is 6. The van der Waals surface area contributed by atoms with Crippen molar-refractivity contribution in [2.45, 2.75) is 36.8 Å². The van der Waals surface area contributed by atoms with Gasteiger partial charge < -0.3 is 35.4 Å². The molecule has 6 atom stereocenters. The average Bonchev–Trinajstić information content (AvgIpc) is 2.19. The van der Waals surface area contributed by atoms with Crippen molar-refractivity contribution in [2.75, 3.05) is 6.61 Å². The number of aliphatic hydroxyl groups is 6. The van der Waals surface area contributed by atoms with Crippen LogP contribution in [0.3, 0.4) is 0 Å². The van der Waals surface area contributed by atoms with Gasteiger partial charge in [0.15, 0.2) is 6.29 Å². The van der Waals surface area contributed by atoms with Crippen molar-refractivity contribution in [2.24, 2.45) is 0 Å². The Labute approximate surface area is 79.8 Å². The van der Waals surface area contributed by atoms with Gasteiger partial charge in [-0.05, 0) is 0 Å². The van der Waals surface area contributed by atoms with Gasteiger partial charge in [0, 0.05) is 0 Å². The molecule has 0 radical (unpaired) electrons. The molecule has 1 aliphatic heterocycles. The molecule has 0 aromatic carbocycles. The minimum Gasteiger partial charge on any atom is -0.394 e. The van der Waals surface area contributed by atoms with Crippen LogP contribution in [0.1, 0.15) is 0 Å². The maximum Gasteiger partial charge on any atom is 0.184 e. The van der Waals surface area contributed by atoms with E-state index in [0.717, 1.165) is 0 Å². The van der Waals surface area contributed by atoms with Crippen LogP contribution in [0.4, 0.5) is 0 Å². The van der Waals surface area contributed by atoms with Crippen LogP contribution >= 0.6 is 0 Å². The first-order valence-corrected chi connectivity index (χ1v) is 4.15. The quantitative estimate of drug-likeness (QED) is 0.275. The molecule has 1 saturated heterocycles. The molecule has 1 fully saturated rings. The minimum atomic E-state index is -1.69. The van der Waals surface area contributed by atoms with Crippen molar-refractivity contribution in [3.05, 3.63) is 0 Å². The lowest BCUT2D eigenvalue weighted by Crippen LogP contribution is -2.61. The van der Waals surface area contributed by atoms with Gasteiger partial charge in [-0.2, -0.15) is 0 Å². The van der Waals surface area contributed by atoms with Gasteiger partial charge in [-0.15, -0.1) is 0 Å². The summed E-state index contributed by atoms with van der Waals surface area (Å²) in [5.74, 6) is 0. The molecule has 1 heterocycles. The Morgan fingerprint density at radius 2 is 1.57 bits per heavy atom. The molecule has 6 unspecified atom stereocenters. The van der Waals surface area contributed by atoms with E-state index in [1.165, 1.54) is 0 Å². The van der Waals surface area contributed by atoms with Gasteiger partial charge >= 0.3 is 0 Å². The van der Waals surface area contributed by atoms with E-state index in [1.807, 2.05) is 0 Å². The predicted octanol–water partition coefficient (Wildman–Crippen LogP) is -3.86. The summed E-state index contributed by atoms with van der Waals surface area (Å²) in [4.78, 5) is 0. The molecule has 7 heteroatoms. The van der Waals surface area contributed by atoms with E-state index >= 15 is 0 Å². The zero-order chi connectivity index (χ0) is 10.9. The third-order valence-corrected chi connectivity index (χ3v) is 2.19. The largest absolute Gasteiger partial charge is 0.394 e. The minimum absolute atomic E-state index is 0.683. The van der Waals surface area contributed by atoms with Crippen LogP contribution in [0.5, 0.6) is 0 Å². The maximum atomic E-state index is 9.31. The van der Waals surface area contributed by atoms with E-state index in [-0.39, 0.29) is 0 Å². The highest BCUT2D eigenvalue weighted by Crippen LogP contribution is 2.21. The first kappa shape index (κ1) is 11.8. The van der Waals surface area contributed by atoms with Crippen LogP contribution < -0.4 is 0 Å². The normalized spacial score (nSPS) is 46.3. The fourth-order valence-corrected chi connectivity index (χ4v) is 1.31. The number of ether oxygens (including phenoxy) is 1. The first-order chi connectivity index (χ1) is 6.49. The summed E-state index contributed by atoms with van der Waals surface area (Å²) < 4.78 is 4.62. The van der Waals surface area contributed by atoms with Gasteiger partial charge in [0.1, 0.15) is 30.5 Å². The number of hydrogen-bond acceptors (Lipinski definition) is 7. The van der Waals surface area contributed by atoms with Crippen molar-refractivity contribution in [3.63, 3.8) is 0 Å².